The molecule has 3 heteroatoms. The van der Waals surface area contributed by atoms with E-state index in [1.807, 2.05) is 37.3 Å². The van der Waals surface area contributed by atoms with Crippen LogP contribution in [0.25, 0.3) is 0 Å². The van der Waals surface area contributed by atoms with Gasteiger partial charge in [-0.05, 0) is 37.3 Å². The number of para-hydroxylation sites is 1. The van der Waals surface area contributed by atoms with Crippen LogP contribution in [-0.4, -0.2) is 12.9 Å². The lowest BCUT2D eigenvalue weighted by molar-refractivity contribution is 0.112. The highest BCUT2D eigenvalue weighted by molar-refractivity contribution is 5.76. The highest BCUT2D eigenvalue weighted by Crippen LogP contribution is 2.32. The van der Waals surface area contributed by atoms with Gasteiger partial charge in [0.2, 0.25) is 0 Å². The molecule has 0 heterocycles. The van der Waals surface area contributed by atoms with Crippen LogP contribution in [0.5, 0.6) is 17.2 Å². The first-order valence-corrected chi connectivity index (χ1v) is 5.78. The molecule has 0 aliphatic rings. The minimum Gasteiger partial charge on any atom is -0.490 e. The summed E-state index contributed by atoms with van der Waals surface area (Å²) in [5.74, 6) is 1.91. The molecule has 0 saturated heterocycles. The molecular formula is C15H14O3. The Kier molecular flexibility index (Phi) is 3.97. The molecule has 3 nitrogen and oxygen atoms in total. The SMILES string of the molecule is CCOc1cc(C=O)ccc1Oc1ccccc1. The Morgan fingerprint density at radius 1 is 1.06 bits per heavy atom. The molecule has 0 saturated carbocycles. The average molecular weight is 242 g/mol. The zero-order valence-electron chi connectivity index (χ0n) is 10.1. The molecule has 0 unspecified atom stereocenters. The third-order valence-electron chi connectivity index (χ3n) is 2.37. The van der Waals surface area contributed by atoms with Gasteiger partial charge in [-0.3, -0.25) is 4.79 Å². The summed E-state index contributed by atoms with van der Waals surface area (Å²) >= 11 is 0. The molecule has 0 bridgehead atoms. The predicted molar refractivity (Wildman–Crippen MR) is 69.5 cm³/mol. The van der Waals surface area contributed by atoms with Crippen molar-refractivity contribution in [2.24, 2.45) is 0 Å². The lowest BCUT2D eigenvalue weighted by Crippen LogP contribution is -1.96. The van der Waals surface area contributed by atoms with Gasteiger partial charge in [0.05, 0.1) is 6.61 Å². The normalized spacial score (nSPS) is 9.83. The van der Waals surface area contributed by atoms with Crippen molar-refractivity contribution in [3.8, 4) is 17.2 Å². The number of aldehydes is 1. The van der Waals surface area contributed by atoms with Gasteiger partial charge in [0.25, 0.3) is 0 Å². The van der Waals surface area contributed by atoms with E-state index < -0.39 is 0 Å². The number of benzene rings is 2. The van der Waals surface area contributed by atoms with Crippen LogP contribution in [0.1, 0.15) is 17.3 Å². The van der Waals surface area contributed by atoms with Gasteiger partial charge in [0, 0.05) is 5.56 Å². The van der Waals surface area contributed by atoms with E-state index in [1.165, 1.54) is 0 Å². The molecule has 0 fully saturated rings. The third kappa shape index (κ3) is 2.88. The van der Waals surface area contributed by atoms with Crippen molar-refractivity contribution >= 4 is 6.29 Å². The van der Waals surface area contributed by atoms with Crippen LogP contribution >= 0.6 is 0 Å². The summed E-state index contributed by atoms with van der Waals surface area (Å²) in [6.07, 6.45) is 0.787. The number of ether oxygens (including phenoxy) is 2. The van der Waals surface area contributed by atoms with Gasteiger partial charge < -0.3 is 9.47 Å². The van der Waals surface area contributed by atoms with E-state index >= 15 is 0 Å². The summed E-state index contributed by atoms with van der Waals surface area (Å²) < 4.78 is 11.2. The Morgan fingerprint density at radius 3 is 2.50 bits per heavy atom. The average Bonchev–Trinajstić information content (AvgIpc) is 2.42. The molecule has 2 aromatic carbocycles. The summed E-state index contributed by atoms with van der Waals surface area (Å²) in [6.45, 7) is 2.41. The minimum absolute atomic E-state index is 0.521. The van der Waals surface area contributed by atoms with Crippen LogP contribution < -0.4 is 9.47 Å². The molecule has 0 atom stereocenters. The summed E-state index contributed by atoms with van der Waals surface area (Å²) in [5, 5.41) is 0. The molecule has 0 aromatic heterocycles. The fraction of sp³-hybridized carbons (Fsp3) is 0.133. The van der Waals surface area contributed by atoms with Crippen molar-refractivity contribution in [1.82, 2.24) is 0 Å². The van der Waals surface area contributed by atoms with Crippen LogP contribution in [0.2, 0.25) is 0 Å². The zero-order valence-corrected chi connectivity index (χ0v) is 10.1. The van der Waals surface area contributed by atoms with Gasteiger partial charge in [-0.2, -0.15) is 0 Å². The monoisotopic (exact) mass is 242 g/mol. The molecule has 0 N–H and O–H groups in total. The summed E-state index contributed by atoms with van der Waals surface area (Å²) in [6, 6.07) is 14.6. The van der Waals surface area contributed by atoms with Crippen LogP contribution in [0.15, 0.2) is 48.5 Å². The Bertz CT molecular complexity index is 521. The van der Waals surface area contributed by atoms with Crippen LogP contribution in [0.3, 0.4) is 0 Å². The van der Waals surface area contributed by atoms with Gasteiger partial charge in [0.1, 0.15) is 12.0 Å². The molecule has 0 aliphatic carbocycles. The van der Waals surface area contributed by atoms with Gasteiger partial charge in [-0.15, -0.1) is 0 Å². The van der Waals surface area contributed by atoms with Gasteiger partial charge in [-0.1, -0.05) is 18.2 Å². The van der Waals surface area contributed by atoms with E-state index in [-0.39, 0.29) is 0 Å². The van der Waals surface area contributed by atoms with Crippen molar-refractivity contribution in [3.63, 3.8) is 0 Å². The fourth-order valence-corrected chi connectivity index (χ4v) is 1.57. The van der Waals surface area contributed by atoms with Crippen LogP contribution in [0, 0.1) is 0 Å². The van der Waals surface area contributed by atoms with E-state index in [2.05, 4.69) is 0 Å². The number of hydrogen-bond donors (Lipinski definition) is 0. The number of rotatable bonds is 5. The first kappa shape index (κ1) is 12.2. The van der Waals surface area contributed by atoms with Crippen LogP contribution in [0.4, 0.5) is 0 Å². The second kappa shape index (κ2) is 5.87. The zero-order chi connectivity index (χ0) is 12.8. The van der Waals surface area contributed by atoms with E-state index in [9.17, 15) is 4.79 Å². The first-order chi connectivity index (χ1) is 8.83. The largest absolute Gasteiger partial charge is 0.490 e. The lowest BCUT2D eigenvalue weighted by Gasteiger charge is -2.11. The van der Waals surface area contributed by atoms with E-state index in [1.54, 1.807) is 18.2 Å². The summed E-state index contributed by atoms with van der Waals surface area (Å²) in [7, 11) is 0. The maximum Gasteiger partial charge on any atom is 0.169 e. The highest BCUT2D eigenvalue weighted by Gasteiger charge is 2.07. The highest BCUT2D eigenvalue weighted by atomic mass is 16.5. The second-order valence-electron chi connectivity index (χ2n) is 3.67. The Labute approximate surface area is 106 Å². The second-order valence-corrected chi connectivity index (χ2v) is 3.67. The number of carbonyl (C=O) groups excluding carboxylic acids is 1. The topological polar surface area (TPSA) is 35.5 Å². The Morgan fingerprint density at radius 2 is 1.83 bits per heavy atom. The minimum atomic E-state index is 0.521. The third-order valence-corrected chi connectivity index (χ3v) is 2.37. The Balaban J connectivity index is 2.29. The maximum atomic E-state index is 10.7. The smallest absolute Gasteiger partial charge is 0.169 e. The van der Waals surface area contributed by atoms with Crippen LogP contribution in [-0.2, 0) is 0 Å². The molecule has 2 aromatic rings. The standard InChI is InChI=1S/C15H14O3/c1-2-17-15-10-12(11-16)8-9-14(15)18-13-6-4-3-5-7-13/h3-11H,2H2,1H3. The van der Waals surface area contributed by atoms with Crippen molar-refractivity contribution in [3.05, 3.63) is 54.1 Å². The molecule has 92 valence electrons. The lowest BCUT2D eigenvalue weighted by atomic mass is 10.2. The van der Waals surface area contributed by atoms with E-state index in [0.29, 0.717) is 23.7 Å². The molecule has 0 aliphatic heterocycles. The maximum absolute atomic E-state index is 10.7. The Hall–Kier alpha value is -2.29. The van der Waals surface area contributed by atoms with E-state index in [0.717, 1.165) is 12.0 Å². The summed E-state index contributed by atoms with van der Waals surface area (Å²) in [5.41, 5.74) is 0.568. The van der Waals surface area contributed by atoms with Crippen molar-refractivity contribution in [2.45, 2.75) is 6.92 Å². The molecule has 18 heavy (non-hydrogen) atoms. The quantitative estimate of drug-likeness (QED) is 0.750. The van der Waals surface area contributed by atoms with Gasteiger partial charge in [-0.25, -0.2) is 0 Å². The van der Waals surface area contributed by atoms with Crippen molar-refractivity contribution < 1.29 is 14.3 Å². The fourth-order valence-electron chi connectivity index (χ4n) is 1.57. The molecule has 0 spiro atoms. The number of hydrogen-bond acceptors (Lipinski definition) is 3. The van der Waals surface area contributed by atoms with Crippen molar-refractivity contribution in [2.75, 3.05) is 6.61 Å². The molecule has 0 amide bonds. The van der Waals surface area contributed by atoms with E-state index in [4.69, 9.17) is 9.47 Å². The summed E-state index contributed by atoms with van der Waals surface area (Å²) in [4.78, 5) is 10.7. The number of carbonyl (C=O) groups is 1. The predicted octanol–water partition coefficient (Wildman–Crippen LogP) is 3.69. The van der Waals surface area contributed by atoms with Gasteiger partial charge in [0.15, 0.2) is 11.5 Å². The van der Waals surface area contributed by atoms with Crippen molar-refractivity contribution in [1.29, 1.82) is 0 Å². The first-order valence-electron chi connectivity index (χ1n) is 5.78. The molecule has 0 radical (unpaired) electrons. The molecule has 2 rings (SSSR count). The molecular weight excluding hydrogens is 228 g/mol. The van der Waals surface area contributed by atoms with Gasteiger partial charge >= 0.3 is 0 Å².